The van der Waals surface area contributed by atoms with Crippen LogP contribution in [0.2, 0.25) is 0 Å². The molecule has 0 bridgehead atoms. The fourth-order valence-corrected chi connectivity index (χ4v) is 5.20. The van der Waals surface area contributed by atoms with Crippen LogP contribution in [0.15, 0.2) is 78.3 Å². The quantitative estimate of drug-likeness (QED) is 0.365. The molecule has 3 aromatic rings. The van der Waals surface area contributed by atoms with E-state index in [2.05, 4.69) is 29.6 Å². The van der Waals surface area contributed by atoms with E-state index in [1.807, 2.05) is 82.3 Å². The van der Waals surface area contributed by atoms with E-state index in [0.717, 1.165) is 16.6 Å². The largest absolute Gasteiger partial charge is 0.492 e. The molecule has 202 valence electrons. The van der Waals surface area contributed by atoms with E-state index in [1.165, 1.54) is 22.3 Å². The van der Waals surface area contributed by atoms with Crippen molar-refractivity contribution in [3.63, 3.8) is 0 Å². The summed E-state index contributed by atoms with van der Waals surface area (Å²) in [6, 6.07) is 24.5. The van der Waals surface area contributed by atoms with Crippen molar-refractivity contribution in [1.82, 2.24) is 5.32 Å². The maximum Gasteiger partial charge on any atom is 0.492 e. The first-order valence-electron chi connectivity index (χ1n) is 13.5. The second kappa shape index (κ2) is 11.0. The van der Waals surface area contributed by atoms with Gasteiger partial charge in [-0.3, -0.25) is 0 Å². The van der Waals surface area contributed by atoms with Crippen LogP contribution in [-0.4, -0.2) is 49.3 Å². The minimum absolute atomic E-state index is 0.00414. The number of ether oxygens (including phenoxy) is 1. The van der Waals surface area contributed by atoms with E-state index in [-0.39, 0.29) is 25.7 Å². The monoisotopic (exact) mass is 525 g/mol. The van der Waals surface area contributed by atoms with Gasteiger partial charge >= 0.3 is 13.2 Å². The van der Waals surface area contributed by atoms with Crippen molar-refractivity contribution in [3.8, 4) is 11.1 Å². The van der Waals surface area contributed by atoms with Gasteiger partial charge in [0.25, 0.3) is 0 Å². The average molecular weight is 525 g/mol. The van der Waals surface area contributed by atoms with E-state index in [9.17, 15) is 9.90 Å². The lowest BCUT2D eigenvalue weighted by Crippen LogP contribution is -2.41. The second-order valence-electron chi connectivity index (χ2n) is 11.2. The first-order valence-corrected chi connectivity index (χ1v) is 13.5. The third-order valence-electron chi connectivity index (χ3n) is 8.04. The van der Waals surface area contributed by atoms with E-state index in [1.54, 1.807) is 0 Å². The summed E-state index contributed by atoms with van der Waals surface area (Å²) in [7, 11) is -0.620. The van der Waals surface area contributed by atoms with Crippen molar-refractivity contribution in [1.29, 1.82) is 0 Å². The van der Waals surface area contributed by atoms with Crippen LogP contribution in [0.3, 0.4) is 0 Å². The summed E-state index contributed by atoms with van der Waals surface area (Å²) in [5.41, 5.74) is 6.46. The second-order valence-corrected chi connectivity index (χ2v) is 11.2. The van der Waals surface area contributed by atoms with Gasteiger partial charge in [-0.25, -0.2) is 4.79 Å². The number of amides is 1. The lowest BCUT2D eigenvalue weighted by Gasteiger charge is -2.32. The molecule has 0 radical (unpaired) electrons. The molecular formula is C32H36BNO5. The Hall–Kier alpha value is -3.39. The molecule has 3 aromatic carbocycles. The molecule has 0 saturated carbocycles. The summed E-state index contributed by atoms with van der Waals surface area (Å²) in [4.78, 5) is 12.9. The molecule has 0 aromatic heterocycles. The molecule has 0 unspecified atom stereocenters. The summed E-state index contributed by atoms with van der Waals surface area (Å²) >= 11 is 0. The smallest absolute Gasteiger partial charge is 0.449 e. The molecule has 5 rings (SSSR count). The number of aliphatic hydroxyl groups excluding tert-OH is 1. The fraction of sp³-hybridized carbons (Fsp3) is 0.344. The van der Waals surface area contributed by atoms with E-state index >= 15 is 0 Å². The number of alkyl carbamates (subject to hydrolysis) is 1. The Kier molecular flexibility index (Phi) is 7.67. The highest BCUT2D eigenvalue weighted by atomic mass is 16.7. The maximum absolute atomic E-state index is 12.9. The van der Waals surface area contributed by atoms with Crippen molar-refractivity contribution < 1.29 is 23.9 Å². The molecule has 0 atom stereocenters. The van der Waals surface area contributed by atoms with Crippen molar-refractivity contribution >= 4 is 19.3 Å². The maximum atomic E-state index is 12.9. The van der Waals surface area contributed by atoms with Gasteiger partial charge in [-0.05, 0) is 73.0 Å². The van der Waals surface area contributed by atoms with Crippen LogP contribution < -0.4 is 5.32 Å². The zero-order valence-corrected chi connectivity index (χ0v) is 23.1. The van der Waals surface area contributed by atoms with Crippen molar-refractivity contribution in [3.05, 3.63) is 101 Å². The standard InChI is InChI=1S/C32H36BNO5/c1-31(2)32(3,4)39-33(38-31)24(19-23-11-9-10-22(18-23)16-17-35)20-34-30(36)37-21-29-27-14-7-5-12-25(27)26-13-6-8-15-28(26)29/h5-15,18-19,29,35H,16-17,20-21H2,1-4H3,(H,34,36). The zero-order chi connectivity index (χ0) is 27.6. The summed E-state index contributed by atoms with van der Waals surface area (Å²) in [5.74, 6) is -0.00414. The Morgan fingerprint density at radius 3 is 2.18 bits per heavy atom. The molecule has 1 aliphatic carbocycles. The fourth-order valence-electron chi connectivity index (χ4n) is 5.20. The van der Waals surface area contributed by atoms with E-state index in [4.69, 9.17) is 14.0 Å². The first kappa shape index (κ1) is 27.2. The number of hydrogen-bond donors (Lipinski definition) is 2. The number of aliphatic hydroxyl groups is 1. The van der Waals surface area contributed by atoms with Crippen LogP contribution >= 0.6 is 0 Å². The van der Waals surface area contributed by atoms with Gasteiger partial charge in [-0.1, -0.05) is 78.9 Å². The van der Waals surface area contributed by atoms with Crippen LogP contribution in [0.25, 0.3) is 17.2 Å². The van der Waals surface area contributed by atoms with Crippen LogP contribution in [0.1, 0.15) is 55.9 Å². The van der Waals surface area contributed by atoms with Gasteiger partial charge < -0.3 is 24.5 Å². The topological polar surface area (TPSA) is 77.0 Å². The highest BCUT2D eigenvalue weighted by molar-refractivity contribution is 6.56. The molecule has 1 heterocycles. The highest BCUT2D eigenvalue weighted by Gasteiger charge is 2.52. The molecule has 0 spiro atoms. The van der Waals surface area contributed by atoms with Gasteiger partial charge in [0, 0.05) is 19.1 Å². The van der Waals surface area contributed by atoms with Gasteiger partial charge in [-0.2, -0.15) is 0 Å². The van der Waals surface area contributed by atoms with Crippen LogP contribution in [-0.2, 0) is 20.5 Å². The van der Waals surface area contributed by atoms with Crippen LogP contribution in [0.5, 0.6) is 0 Å². The third-order valence-corrected chi connectivity index (χ3v) is 8.04. The Balaban J connectivity index is 1.30. The molecule has 1 aliphatic heterocycles. The van der Waals surface area contributed by atoms with Crippen LogP contribution in [0, 0.1) is 0 Å². The summed E-state index contributed by atoms with van der Waals surface area (Å²) in [6.07, 6.45) is 2.06. The van der Waals surface area contributed by atoms with Crippen molar-refractivity contribution in [2.24, 2.45) is 0 Å². The number of carbonyl (C=O) groups is 1. The lowest BCUT2D eigenvalue weighted by atomic mass is 9.77. The molecule has 1 amide bonds. The minimum Gasteiger partial charge on any atom is -0.449 e. The predicted octanol–water partition coefficient (Wildman–Crippen LogP) is 5.77. The first-order chi connectivity index (χ1) is 18.7. The Bertz CT molecular complexity index is 1320. The van der Waals surface area contributed by atoms with E-state index < -0.39 is 24.4 Å². The predicted molar refractivity (Wildman–Crippen MR) is 154 cm³/mol. The number of rotatable bonds is 8. The van der Waals surface area contributed by atoms with Crippen molar-refractivity contribution in [2.45, 2.75) is 51.2 Å². The molecular weight excluding hydrogens is 489 g/mol. The highest BCUT2D eigenvalue weighted by Crippen LogP contribution is 2.44. The molecule has 6 nitrogen and oxygen atoms in total. The number of nitrogens with one attached hydrogen (secondary N) is 1. The normalized spacial score (nSPS) is 17.6. The number of hydrogen-bond acceptors (Lipinski definition) is 5. The molecule has 2 N–H and O–H groups in total. The number of benzene rings is 3. The third kappa shape index (κ3) is 5.67. The Morgan fingerprint density at radius 2 is 1.56 bits per heavy atom. The molecule has 1 fully saturated rings. The Morgan fingerprint density at radius 1 is 0.949 bits per heavy atom. The Labute approximate surface area is 231 Å². The number of carbonyl (C=O) groups excluding carboxylic acids is 1. The minimum atomic E-state index is -0.620. The van der Waals surface area contributed by atoms with Crippen molar-refractivity contribution in [2.75, 3.05) is 19.8 Å². The summed E-state index contributed by atoms with van der Waals surface area (Å²) in [5, 5.41) is 12.3. The average Bonchev–Trinajstić information content (AvgIpc) is 3.34. The lowest BCUT2D eigenvalue weighted by molar-refractivity contribution is 0.00578. The van der Waals surface area contributed by atoms with Gasteiger partial charge in [-0.15, -0.1) is 0 Å². The zero-order valence-electron chi connectivity index (χ0n) is 23.1. The van der Waals surface area contributed by atoms with Gasteiger partial charge in [0.1, 0.15) is 6.61 Å². The molecule has 2 aliphatic rings. The van der Waals surface area contributed by atoms with Gasteiger partial charge in [0.05, 0.1) is 11.2 Å². The number of fused-ring (bicyclic) bond motifs is 3. The SMILES string of the molecule is CC1(C)OB(C(=Cc2cccc(CCO)c2)CNC(=O)OCC2c3ccccc3-c3ccccc32)OC1(C)C. The van der Waals surface area contributed by atoms with E-state index in [0.29, 0.717) is 6.42 Å². The molecule has 1 saturated heterocycles. The van der Waals surface area contributed by atoms with Gasteiger partial charge in [0.15, 0.2) is 0 Å². The summed E-state index contributed by atoms with van der Waals surface area (Å²) in [6.45, 7) is 8.56. The van der Waals surface area contributed by atoms with Gasteiger partial charge in [0.2, 0.25) is 0 Å². The van der Waals surface area contributed by atoms with Crippen LogP contribution in [0.4, 0.5) is 4.79 Å². The molecule has 39 heavy (non-hydrogen) atoms. The summed E-state index contributed by atoms with van der Waals surface area (Å²) < 4.78 is 18.4. The molecule has 7 heteroatoms.